The fourth-order valence-electron chi connectivity index (χ4n) is 1.66. The Morgan fingerprint density at radius 3 is 2.80 bits per heavy atom. The highest BCUT2D eigenvalue weighted by Gasteiger charge is 2.05. The molecule has 0 fully saturated rings. The normalized spacial score (nSPS) is 10.7. The fraction of sp³-hybridized carbons (Fsp3) is 0. The second-order valence-corrected chi connectivity index (χ2v) is 3.33. The molecule has 0 atom stereocenters. The second-order valence-electron chi connectivity index (χ2n) is 3.33. The average molecular weight is 195 g/mol. The van der Waals surface area contributed by atoms with E-state index in [-0.39, 0.29) is 0 Å². The minimum absolute atomic E-state index is 0.976. The summed E-state index contributed by atoms with van der Waals surface area (Å²) < 4.78 is 1.97. The summed E-state index contributed by atoms with van der Waals surface area (Å²) in [4.78, 5) is 8.50. The van der Waals surface area contributed by atoms with Crippen LogP contribution in [-0.4, -0.2) is 14.4 Å². The van der Waals surface area contributed by atoms with Crippen molar-refractivity contribution in [1.29, 1.82) is 0 Å². The van der Waals surface area contributed by atoms with E-state index in [1.54, 1.807) is 12.5 Å². The highest BCUT2D eigenvalue weighted by molar-refractivity contribution is 5.76. The van der Waals surface area contributed by atoms with Crippen LogP contribution in [0.5, 0.6) is 0 Å². The molecule has 0 saturated carbocycles. The molecular weight excluding hydrogens is 186 g/mol. The topological polar surface area (TPSA) is 30.2 Å². The maximum atomic E-state index is 4.39. The maximum Gasteiger partial charge on any atom is 0.100 e. The van der Waals surface area contributed by atoms with Crippen LogP contribution in [0.4, 0.5) is 0 Å². The molecule has 15 heavy (non-hydrogen) atoms. The van der Waals surface area contributed by atoms with Gasteiger partial charge in [-0.05, 0) is 0 Å². The van der Waals surface area contributed by atoms with E-state index in [9.17, 15) is 0 Å². The SMILES string of the molecule is c1ccc(-c2ncn3ccncc23)cc1. The predicted molar refractivity (Wildman–Crippen MR) is 58.4 cm³/mol. The van der Waals surface area contributed by atoms with Crippen LogP contribution in [0.25, 0.3) is 16.8 Å². The van der Waals surface area contributed by atoms with E-state index in [0.29, 0.717) is 0 Å². The quantitative estimate of drug-likeness (QED) is 0.596. The van der Waals surface area contributed by atoms with Crippen molar-refractivity contribution >= 4 is 5.52 Å². The molecule has 0 unspecified atom stereocenters. The first-order valence-electron chi connectivity index (χ1n) is 4.77. The van der Waals surface area contributed by atoms with Gasteiger partial charge in [-0.3, -0.25) is 4.98 Å². The zero-order chi connectivity index (χ0) is 10.1. The van der Waals surface area contributed by atoms with Gasteiger partial charge in [0, 0.05) is 18.0 Å². The second kappa shape index (κ2) is 3.20. The summed E-state index contributed by atoms with van der Waals surface area (Å²) in [6, 6.07) is 10.1. The third-order valence-electron chi connectivity index (χ3n) is 2.39. The number of imidazole rings is 1. The summed E-state index contributed by atoms with van der Waals surface area (Å²) in [6.45, 7) is 0. The van der Waals surface area contributed by atoms with E-state index in [2.05, 4.69) is 22.1 Å². The van der Waals surface area contributed by atoms with Gasteiger partial charge in [0.1, 0.15) is 6.33 Å². The van der Waals surface area contributed by atoms with Gasteiger partial charge in [-0.15, -0.1) is 0 Å². The summed E-state index contributed by atoms with van der Waals surface area (Å²) in [6.07, 6.45) is 7.28. The highest BCUT2D eigenvalue weighted by atomic mass is 15.0. The Bertz CT molecular complexity index is 584. The van der Waals surface area contributed by atoms with Crippen LogP contribution >= 0.6 is 0 Å². The molecule has 0 aliphatic rings. The summed E-state index contributed by atoms with van der Waals surface area (Å²) in [5.41, 5.74) is 3.13. The Hall–Kier alpha value is -2.16. The number of benzene rings is 1. The first kappa shape index (κ1) is 8.17. The first-order chi connectivity index (χ1) is 7.45. The first-order valence-corrected chi connectivity index (χ1v) is 4.77. The van der Waals surface area contributed by atoms with Gasteiger partial charge in [0.15, 0.2) is 0 Å². The van der Waals surface area contributed by atoms with E-state index in [0.717, 1.165) is 16.8 Å². The van der Waals surface area contributed by atoms with Crippen LogP contribution in [0.1, 0.15) is 0 Å². The molecule has 2 heterocycles. The van der Waals surface area contributed by atoms with Crippen LogP contribution in [-0.2, 0) is 0 Å². The molecule has 0 N–H and O–H groups in total. The standard InChI is InChI=1S/C12H9N3/c1-2-4-10(5-3-1)12-11-8-13-6-7-15(11)9-14-12/h1-9H. The molecular formula is C12H9N3. The molecule has 3 nitrogen and oxygen atoms in total. The van der Waals surface area contributed by atoms with Crippen molar-refractivity contribution in [3.63, 3.8) is 0 Å². The van der Waals surface area contributed by atoms with Crippen molar-refractivity contribution in [3.8, 4) is 11.3 Å². The predicted octanol–water partition coefficient (Wildman–Crippen LogP) is 2.40. The Morgan fingerprint density at radius 2 is 1.93 bits per heavy atom. The lowest BCUT2D eigenvalue weighted by Crippen LogP contribution is -1.83. The molecule has 0 radical (unpaired) electrons. The molecule has 0 spiro atoms. The third-order valence-corrected chi connectivity index (χ3v) is 2.39. The van der Waals surface area contributed by atoms with Crippen molar-refractivity contribution < 1.29 is 0 Å². The number of nitrogens with zero attached hydrogens (tertiary/aromatic N) is 3. The van der Waals surface area contributed by atoms with Crippen molar-refractivity contribution in [2.75, 3.05) is 0 Å². The van der Waals surface area contributed by atoms with Crippen LogP contribution < -0.4 is 0 Å². The number of hydrogen-bond acceptors (Lipinski definition) is 2. The third kappa shape index (κ3) is 1.29. The molecule has 72 valence electrons. The van der Waals surface area contributed by atoms with E-state index in [4.69, 9.17) is 0 Å². The molecule has 0 aliphatic heterocycles. The summed E-state index contributed by atoms with van der Waals surface area (Å²) >= 11 is 0. The molecule has 0 aliphatic carbocycles. The van der Waals surface area contributed by atoms with Gasteiger partial charge in [-0.1, -0.05) is 30.3 Å². The zero-order valence-corrected chi connectivity index (χ0v) is 8.04. The van der Waals surface area contributed by atoms with E-state index >= 15 is 0 Å². The molecule has 3 heteroatoms. The van der Waals surface area contributed by atoms with Crippen LogP contribution in [0.15, 0.2) is 55.2 Å². The number of rotatable bonds is 1. The Morgan fingerprint density at radius 1 is 1.07 bits per heavy atom. The zero-order valence-electron chi connectivity index (χ0n) is 8.04. The van der Waals surface area contributed by atoms with Crippen molar-refractivity contribution in [2.24, 2.45) is 0 Å². The van der Waals surface area contributed by atoms with Gasteiger partial charge in [-0.25, -0.2) is 4.98 Å². The molecule has 0 saturated heterocycles. The number of aromatic nitrogens is 3. The molecule has 0 bridgehead atoms. The maximum absolute atomic E-state index is 4.39. The van der Waals surface area contributed by atoms with Gasteiger partial charge >= 0.3 is 0 Å². The van der Waals surface area contributed by atoms with Crippen molar-refractivity contribution in [2.45, 2.75) is 0 Å². The molecule has 3 rings (SSSR count). The van der Waals surface area contributed by atoms with E-state index in [1.807, 2.05) is 35.0 Å². The van der Waals surface area contributed by atoms with Crippen molar-refractivity contribution in [1.82, 2.24) is 14.4 Å². The van der Waals surface area contributed by atoms with E-state index in [1.165, 1.54) is 0 Å². The van der Waals surface area contributed by atoms with Gasteiger partial charge < -0.3 is 4.40 Å². The monoisotopic (exact) mass is 195 g/mol. The molecule has 0 amide bonds. The number of fused-ring (bicyclic) bond motifs is 1. The van der Waals surface area contributed by atoms with Crippen LogP contribution in [0, 0.1) is 0 Å². The number of hydrogen-bond donors (Lipinski definition) is 0. The lowest BCUT2D eigenvalue weighted by molar-refractivity contribution is 1.11. The largest absolute Gasteiger partial charge is 0.303 e. The van der Waals surface area contributed by atoms with Crippen LogP contribution in [0.2, 0.25) is 0 Å². The van der Waals surface area contributed by atoms with Gasteiger partial charge in [0.05, 0.1) is 17.4 Å². The summed E-state index contributed by atoms with van der Waals surface area (Å²) in [7, 11) is 0. The molecule has 1 aromatic carbocycles. The lowest BCUT2D eigenvalue weighted by atomic mass is 10.1. The van der Waals surface area contributed by atoms with Gasteiger partial charge in [0.2, 0.25) is 0 Å². The van der Waals surface area contributed by atoms with Gasteiger partial charge in [0.25, 0.3) is 0 Å². The Labute approximate surface area is 87.0 Å². The summed E-state index contributed by atoms with van der Waals surface area (Å²) in [5.74, 6) is 0. The van der Waals surface area contributed by atoms with Crippen LogP contribution in [0.3, 0.4) is 0 Å². The minimum Gasteiger partial charge on any atom is -0.303 e. The smallest absolute Gasteiger partial charge is 0.100 e. The summed E-state index contributed by atoms with van der Waals surface area (Å²) in [5, 5.41) is 0. The lowest BCUT2D eigenvalue weighted by Gasteiger charge is -1.97. The molecule has 2 aromatic heterocycles. The fourth-order valence-corrected chi connectivity index (χ4v) is 1.66. The molecule has 3 aromatic rings. The minimum atomic E-state index is 0.976. The average Bonchev–Trinajstić information content (AvgIpc) is 2.74. The van der Waals surface area contributed by atoms with Gasteiger partial charge in [-0.2, -0.15) is 0 Å². The van der Waals surface area contributed by atoms with E-state index < -0.39 is 0 Å². The highest BCUT2D eigenvalue weighted by Crippen LogP contribution is 2.21. The van der Waals surface area contributed by atoms with Crippen molar-refractivity contribution in [3.05, 3.63) is 55.2 Å². The Balaban J connectivity index is 2.28. The Kier molecular flexibility index (Phi) is 1.75.